The van der Waals surface area contributed by atoms with Gasteiger partial charge in [-0.25, -0.2) is 9.37 Å². The van der Waals surface area contributed by atoms with Gasteiger partial charge >= 0.3 is 0 Å². The van der Waals surface area contributed by atoms with Crippen LogP contribution in [0.2, 0.25) is 0 Å². The molecule has 7 heteroatoms. The Hall–Kier alpha value is -3.58. The van der Waals surface area contributed by atoms with E-state index in [4.69, 9.17) is 16.6 Å². The van der Waals surface area contributed by atoms with Gasteiger partial charge in [0.05, 0.1) is 0 Å². The molecule has 0 aliphatic heterocycles. The summed E-state index contributed by atoms with van der Waals surface area (Å²) in [6.45, 7) is 1.92. The molecule has 0 saturated carbocycles. The minimum Gasteiger partial charge on any atom is -0.436 e. The summed E-state index contributed by atoms with van der Waals surface area (Å²) in [6, 6.07) is 18.5. The molecular weight excluding hydrogens is 389 g/mol. The molecule has 3 aromatic carbocycles. The zero-order valence-electron chi connectivity index (χ0n) is 15.4. The van der Waals surface area contributed by atoms with Crippen LogP contribution in [-0.4, -0.2) is 16.0 Å². The highest BCUT2D eigenvalue weighted by molar-refractivity contribution is 7.80. The molecule has 5 nitrogen and oxygen atoms in total. The Bertz CT molecular complexity index is 1220. The Morgan fingerprint density at radius 2 is 1.86 bits per heavy atom. The Balaban J connectivity index is 1.48. The molecule has 4 aromatic rings. The molecule has 4 rings (SSSR count). The number of oxazole rings is 1. The summed E-state index contributed by atoms with van der Waals surface area (Å²) in [7, 11) is 0. The molecular formula is C22H16FN3O2S. The molecule has 29 heavy (non-hydrogen) atoms. The smallest absolute Gasteiger partial charge is 0.257 e. The van der Waals surface area contributed by atoms with Gasteiger partial charge in [0.15, 0.2) is 10.7 Å². The number of amides is 1. The van der Waals surface area contributed by atoms with Crippen molar-refractivity contribution in [2.45, 2.75) is 6.92 Å². The van der Waals surface area contributed by atoms with Gasteiger partial charge in [-0.3, -0.25) is 10.1 Å². The molecule has 1 aromatic heterocycles. The molecule has 1 heterocycles. The van der Waals surface area contributed by atoms with E-state index in [9.17, 15) is 9.18 Å². The number of benzene rings is 3. The number of hydrogen-bond donors (Lipinski definition) is 2. The molecule has 0 atom stereocenters. The van der Waals surface area contributed by atoms with Crippen molar-refractivity contribution in [1.82, 2.24) is 10.3 Å². The van der Waals surface area contributed by atoms with Crippen LogP contribution in [0.1, 0.15) is 15.9 Å². The Morgan fingerprint density at radius 3 is 2.62 bits per heavy atom. The third kappa shape index (κ3) is 4.30. The second kappa shape index (κ2) is 7.81. The van der Waals surface area contributed by atoms with Crippen molar-refractivity contribution in [3.8, 4) is 11.5 Å². The number of aromatic nitrogens is 1. The van der Waals surface area contributed by atoms with Gasteiger partial charge in [-0.05, 0) is 73.7 Å². The first-order valence-electron chi connectivity index (χ1n) is 8.83. The second-order valence-electron chi connectivity index (χ2n) is 6.49. The van der Waals surface area contributed by atoms with Crippen LogP contribution in [0.3, 0.4) is 0 Å². The zero-order valence-corrected chi connectivity index (χ0v) is 16.2. The van der Waals surface area contributed by atoms with E-state index < -0.39 is 0 Å². The lowest BCUT2D eigenvalue weighted by Gasteiger charge is -2.09. The van der Waals surface area contributed by atoms with Crippen LogP contribution >= 0.6 is 12.2 Å². The molecule has 0 spiro atoms. The number of aryl methyl sites for hydroxylation is 1. The lowest BCUT2D eigenvalue weighted by Crippen LogP contribution is -2.34. The van der Waals surface area contributed by atoms with Crippen molar-refractivity contribution >= 4 is 40.0 Å². The molecule has 0 bridgehead atoms. The molecule has 0 fully saturated rings. The lowest BCUT2D eigenvalue weighted by atomic mass is 10.1. The number of carbonyl (C=O) groups is 1. The fourth-order valence-electron chi connectivity index (χ4n) is 2.85. The Kier molecular flexibility index (Phi) is 5.05. The van der Waals surface area contributed by atoms with Gasteiger partial charge in [0.25, 0.3) is 5.91 Å². The SMILES string of the molecule is Cc1cccc(C(=O)NC(=S)Nc2ccc3oc(-c4ccc(F)cc4)nc3c2)c1. The third-order valence-corrected chi connectivity index (χ3v) is 4.45. The van der Waals surface area contributed by atoms with Gasteiger partial charge in [0.2, 0.25) is 5.89 Å². The van der Waals surface area contributed by atoms with Crippen LogP contribution in [0, 0.1) is 12.7 Å². The third-order valence-electron chi connectivity index (χ3n) is 4.24. The normalized spacial score (nSPS) is 10.7. The van der Waals surface area contributed by atoms with Crippen LogP contribution in [0.15, 0.2) is 71.1 Å². The average Bonchev–Trinajstić information content (AvgIpc) is 3.11. The highest BCUT2D eigenvalue weighted by Crippen LogP contribution is 2.26. The van der Waals surface area contributed by atoms with E-state index in [1.807, 2.05) is 19.1 Å². The van der Waals surface area contributed by atoms with Crippen LogP contribution < -0.4 is 10.6 Å². The number of halogens is 1. The average molecular weight is 405 g/mol. The molecule has 144 valence electrons. The standard InChI is InChI=1S/C22H16FN3O2S/c1-13-3-2-4-15(11-13)20(27)26-22(29)24-17-9-10-19-18(12-17)25-21(28-19)14-5-7-16(23)8-6-14/h2-12H,1H3,(H2,24,26,27,29). The number of fused-ring (bicyclic) bond motifs is 1. The monoisotopic (exact) mass is 405 g/mol. The maximum absolute atomic E-state index is 13.1. The Labute approximate surface area is 171 Å². The summed E-state index contributed by atoms with van der Waals surface area (Å²) in [5, 5.41) is 5.81. The van der Waals surface area contributed by atoms with Crippen molar-refractivity contribution in [3.63, 3.8) is 0 Å². The van der Waals surface area contributed by atoms with Crippen molar-refractivity contribution in [1.29, 1.82) is 0 Å². The van der Waals surface area contributed by atoms with E-state index in [1.54, 1.807) is 42.5 Å². The molecule has 0 radical (unpaired) electrons. The van der Waals surface area contributed by atoms with Gasteiger partial charge < -0.3 is 9.73 Å². The predicted octanol–water partition coefficient (Wildman–Crippen LogP) is 5.07. The first-order chi connectivity index (χ1) is 14.0. The Morgan fingerprint density at radius 1 is 1.07 bits per heavy atom. The second-order valence-corrected chi connectivity index (χ2v) is 6.89. The van der Waals surface area contributed by atoms with Gasteiger partial charge in [0, 0.05) is 16.8 Å². The number of nitrogens with zero attached hydrogens (tertiary/aromatic N) is 1. The number of rotatable bonds is 3. The van der Waals surface area contributed by atoms with E-state index in [0.29, 0.717) is 33.8 Å². The molecule has 0 aliphatic rings. The summed E-state index contributed by atoms with van der Waals surface area (Å²) in [4.78, 5) is 16.7. The fourth-order valence-corrected chi connectivity index (χ4v) is 3.06. The minimum atomic E-state index is -0.322. The molecule has 0 saturated heterocycles. The van der Waals surface area contributed by atoms with Gasteiger partial charge in [-0.1, -0.05) is 17.7 Å². The van der Waals surface area contributed by atoms with Crippen molar-refractivity contribution in [2.75, 3.05) is 5.32 Å². The molecule has 2 N–H and O–H groups in total. The molecule has 0 aliphatic carbocycles. The first kappa shape index (κ1) is 18.8. The fraction of sp³-hybridized carbons (Fsp3) is 0.0455. The van der Waals surface area contributed by atoms with Crippen LogP contribution in [0.25, 0.3) is 22.6 Å². The van der Waals surface area contributed by atoms with Crippen molar-refractivity contribution in [2.24, 2.45) is 0 Å². The molecule has 1 amide bonds. The van der Waals surface area contributed by atoms with Gasteiger partial charge in [-0.15, -0.1) is 0 Å². The number of hydrogen-bond acceptors (Lipinski definition) is 4. The minimum absolute atomic E-state index is 0.179. The number of nitrogens with one attached hydrogen (secondary N) is 2. The number of carbonyl (C=O) groups excluding carboxylic acids is 1. The summed E-state index contributed by atoms with van der Waals surface area (Å²) < 4.78 is 18.8. The maximum atomic E-state index is 13.1. The summed E-state index contributed by atoms with van der Waals surface area (Å²) >= 11 is 5.24. The van der Waals surface area contributed by atoms with Crippen LogP contribution in [0.5, 0.6) is 0 Å². The highest BCUT2D eigenvalue weighted by atomic mass is 32.1. The number of thiocarbonyl (C=S) groups is 1. The maximum Gasteiger partial charge on any atom is 0.257 e. The zero-order chi connectivity index (χ0) is 20.4. The summed E-state index contributed by atoms with van der Waals surface area (Å²) in [5.74, 6) is -0.211. The highest BCUT2D eigenvalue weighted by Gasteiger charge is 2.11. The van der Waals surface area contributed by atoms with E-state index in [1.165, 1.54) is 12.1 Å². The van der Waals surface area contributed by atoms with Crippen molar-refractivity contribution < 1.29 is 13.6 Å². The summed E-state index contributed by atoms with van der Waals surface area (Å²) in [6.07, 6.45) is 0. The van der Waals surface area contributed by atoms with E-state index in [0.717, 1.165) is 5.56 Å². The lowest BCUT2D eigenvalue weighted by molar-refractivity contribution is 0.0977. The first-order valence-corrected chi connectivity index (χ1v) is 9.24. The van der Waals surface area contributed by atoms with E-state index in [2.05, 4.69) is 15.6 Å². The van der Waals surface area contributed by atoms with Crippen LogP contribution in [0.4, 0.5) is 10.1 Å². The van der Waals surface area contributed by atoms with Crippen LogP contribution in [-0.2, 0) is 0 Å². The van der Waals surface area contributed by atoms with E-state index >= 15 is 0 Å². The van der Waals surface area contributed by atoms with E-state index in [-0.39, 0.29) is 16.8 Å². The quantitative estimate of drug-likeness (QED) is 0.466. The molecule has 0 unspecified atom stereocenters. The van der Waals surface area contributed by atoms with Gasteiger partial charge in [0.1, 0.15) is 11.3 Å². The topological polar surface area (TPSA) is 67.2 Å². The summed E-state index contributed by atoms with van der Waals surface area (Å²) in [5.41, 5.74) is 4.06. The largest absolute Gasteiger partial charge is 0.436 e. The van der Waals surface area contributed by atoms with Crippen molar-refractivity contribution in [3.05, 3.63) is 83.7 Å². The number of anilines is 1. The predicted molar refractivity (Wildman–Crippen MR) is 114 cm³/mol. The van der Waals surface area contributed by atoms with Gasteiger partial charge in [-0.2, -0.15) is 0 Å².